The average Bonchev–Trinajstić information content (AvgIpc) is 3.02. The van der Waals surface area contributed by atoms with E-state index in [0.717, 1.165) is 11.1 Å². The number of aryl methyl sites for hydroxylation is 1. The quantitative estimate of drug-likeness (QED) is 0.625. The average molecular weight is 429 g/mol. The number of ketones is 1. The first-order valence-corrected chi connectivity index (χ1v) is 10.6. The van der Waals surface area contributed by atoms with Gasteiger partial charge >= 0.3 is 0 Å². The van der Waals surface area contributed by atoms with E-state index < -0.39 is 11.5 Å². The van der Waals surface area contributed by atoms with Gasteiger partial charge in [0.05, 0.1) is 18.7 Å². The van der Waals surface area contributed by atoms with Gasteiger partial charge in [0, 0.05) is 11.1 Å². The first-order chi connectivity index (χ1) is 15.5. The van der Waals surface area contributed by atoms with Crippen LogP contribution < -0.4 is 14.4 Å². The molecule has 0 spiro atoms. The highest BCUT2D eigenvalue weighted by molar-refractivity contribution is 6.10. The van der Waals surface area contributed by atoms with Crippen LogP contribution in [0.1, 0.15) is 33.5 Å². The Kier molecular flexibility index (Phi) is 4.94. The third kappa shape index (κ3) is 3.33. The predicted molar refractivity (Wildman–Crippen MR) is 119 cm³/mol. The third-order valence-corrected chi connectivity index (χ3v) is 6.11. The number of amides is 1. The van der Waals surface area contributed by atoms with Crippen molar-refractivity contribution in [3.63, 3.8) is 0 Å². The van der Waals surface area contributed by atoms with Crippen molar-refractivity contribution in [1.29, 1.82) is 0 Å². The van der Waals surface area contributed by atoms with Gasteiger partial charge in [-0.3, -0.25) is 9.59 Å². The molecular formula is C26H23NO5. The van der Waals surface area contributed by atoms with Crippen LogP contribution in [0.3, 0.4) is 0 Å². The molecule has 5 rings (SSSR count). The van der Waals surface area contributed by atoms with Crippen LogP contribution in [0.25, 0.3) is 0 Å². The maximum absolute atomic E-state index is 13.5. The molecule has 2 aliphatic heterocycles. The number of Topliss-reactive ketones (excluding diaryl/α,β-unsaturated/α-hetero) is 1. The molecule has 2 heterocycles. The van der Waals surface area contributed by atoms with Gasteiger partial charge in [-0.05, 0) is 42.3 Å². The number of rotatable bonds is 5. The molecule has 2 aliphatic rings. The summed E-state index contributed by atoms with van der Waals surface area (Å²) in [5.74, 6) is 0.241. The summed E-state index contributed by atoms with van der Waals surface area (Å²) < 4.78 is 11.1. The van der Waals surface area contributed by atoms with Crippen molar-refractivity contribution in [3.8, 4) is 11.5 Å². The van der Waals surface area contributed by atoms with Crippen LogP contribution >= 0.6 is 0 Å². The van der Waals surface area contributed by atoms with Crippen molar-refractivity contribution < 1.29 is 24.2 Å². The predicted octanol–water partition coefficient (Wildman–Crippen LogP) is 3.77. The lowest BCUT2D eigenvalue weighted by molar-refractivity contribution is -0.136. The molecule has 1 amide bonds. The number of fused-ring (bicyclic) bond motifs is 2. The number of hydrogen-bond acceptors (Lipinski definition) is 5. The highest BCUT2D eigenvalue weighted by Gasteiger charge is 2.50. The Labute approximate surface area is 186 Å². The van der Waals surface area contributed by atoms with E-state index in [4.69, 9.17) is 9.47 Å². The third-order valence-electron chi connectivity index (χ3n) is 6.11. The molecule has 0 bridgehead atoms. The lowest BCUT2D eigenvalue weighted by Crippen LogP contribution is -2.41. The molecule has 6 nitrogen and oxygen atoms in total. The van der Waals surface area contributed by atoms with Crippen molar-refractivity contribution in [3.05, 3.63) is 89.0 Å². The number of nitrogens with zero attached hydrogens (tertiary/aromatic N) is 1. The zero-order valence-corrected chi connectivity index (χ0v) is 17.7. The minimum atomic E-state index is -1.93. The molecule has 1 atom stereocenters. The normalized spacial score (nSPS) is 19.1. The molecule has 3 aromatic rings. The Morgan fingerprint density at radius 3 is 2.53 bits per heavy atom. The molecule has 0 saturated carbocycles. The Morgan fingerprint density at radius 1 is 1.00 bits per heavy atom. The standard InChI is InChI=1S/C26H23NO5/c1-17-6-2-3-7-19(17)16-27-21-9-5-4-8-20(21)26(30,25(27)29)15-22(28)18-10-11-23-24(14-18)32-13-12-31-23/h2-11,14,30H,12-13,15-16H2,1H3/t26-/m1/s1. The summed E-state index contributed by atoms with van der Waals surface area (Å²) in [5.41, 5.74) is 1.55. The number of benzene rings is 3. The van der Waals surface area contributed by atoms with Crippen molar-refractivity contribution >= 4 is 17.4 Å². The number of anilines is 1. The summed E-state index contributed by atoms with van der Waals surface area (Å²) in [6.45, 7) is 3.18. The van der Waals surface area contributed by atoms with Crippen molar-refractivity contribution in [2.75, 3.05) is 18.1 Å². The molecule has 0 aromatic heterocycles. The summed E-state index contributed by atoms with van der Waals surface area (Å²) >= 11 is 0. The van der Waals surface area contributed by atoms with Gasteiger partial charge in [0.1, 0.15) is 13.2 Å². The number of carbonyl (C=O) groups is 2. The lowest BCUT2D eigenvalue weighted by atomic mass is 9.88. The van der Waals surface area contributed by atoms with Gasteiger partial charge in [0.2, 0.25) is 0 Å². The van der Waals surface area contributed by atoms with Crippen molar-refractivity contribution in [2.45, 2.75) is 25.5 Å². The smallest absolute Gasteiger partial charge is 0.264 e. The minimum Gasteiger partial charge on any atom is -0.486 e. The number of para-hydroxylation sites is 1. The number of carbonyl (C=O) groups excluding carboxylic acids is 2. The molecule has 0 aliphatic carbocycles. The van der Waals surface area contributed by atoms with Gasteiger partial charge in [0.25, 0.3) is 5.91 Å². The second-order valence-electron chi connectivity index (χ2n) is 8.15. The molecule has 3 aromatic carbocycles. The van der Waals surface area contributed by atoms with Gasteiger partial charge in [-0.15, -0.1) is 0 Å². The Hall–Kier alpha value is -3.64. The lowest BCUT2D eigenvalue weighted by Gasteiger charge is -2.24. The summed E-state index contributed by atoms with van der Waals surface area (Å²) in [6, 6.07) is 19.8. The molecule has 0 saturated heterocycles. The summed E-state index contributed by atoms with van der Waals surface area (Å²) in [7, 11) is 0. The van der Waals surface area contributed by atoms with Crippen LogP contribution in [0.2, 0.25) is 0 Å². The van der Waals surface area contributed by atoms with Gasteiger partial charge < -0.3 is 19.5 Å². The van der Waals surface area contributed by atoms with Crippen LogP contribution in [0.4, 0.5) is 5.69 Å². The second kappa shape index (κ2) is 7.80. The number of hydrogen-bond donors (Lipinski definition) is 1. The Balaban J connectivity index is 1.46. The Bertz CT molecular complexity index is 1220. The van der Waals surface area contributed by atoms with Crippen LogP contribution in [-0.2, 0) is 16.9 Å². The summed E-state index contributed by atoms with van der Waals surface area (Å²) in [5, 5.41) is 11.5. The van der Waals surface area contributed by atoms with Gasteiger partial charge in [0.15, 0.2) is 22.9 Å². The molecule has 0 radical (unpaired) electrons. The molecule has 0 fully saturated rings. The molecular weight excluding hydrogens is 406 g/mol. The maximum Gasteiger partial charge on any atom is 0.264 e. The van der Waals surface area contributed by atoms with Crippen LogP contribution in [0.5, 0.6) is 11.5 Å². The first kappa shape index (κ1) is 20.3. The SMILES string of the molecule is Cc1ccccc1CN1C(=O)[C@@](O)(CC(=O)c2ccc3c(c2)OCCO3)c2ccccc21. The van der Waals surface area contributed by atoms with Crippen LogP contribution in [0.15, 0.2) is 66.7 Å². The van der Waals surface area contributed by atoms with E-state index in [1.165, 1.54) is 0 Å². The summed E-state index contributed by atoms with van der Waals surface area (Å²) in [6.07, 6.45) is -0.354. The van der Waals surface area contributed by atoms with E-state index in [0.29, 0.717) is 48.1 Å². The zero-order valence-electron chi connectivity index (χ0n) is 17.7. The van der Waals surface area contributed by atoms with Gasteiger partial charge in [-0.2, -0.15) is 0 Å². The van der Waals surface area contributed by atoms with E-state index in [-0.39, 0.29) is 12.2 Å². The second-order valence-corrected chi connectivity index (χ2v) is 8.15. The highest BCUT2D eigenvalue weighted by atomic mass is 16.6. The highest BCUT2D eigenvalue weighted by Crippen LogP contribution is 2.44. The van der Waals surface area contributed by atoms with E-state index in [1.807, 2.05) is 37.3 Å². The molecule has 1 N–H and O–H groups in total. The number of aliphatic hydroxyl groups is 1. The van der Waals surface area contributed by atoms with E-state index >= 15 is 0 Å². The minimum absolute atomic E-state index is 0.322. The van der Waals surface area contributed by atoms with Crippen LogP contribution in [-0.4, -0.2) is 30.0 Å². The largest absolute Gasteiger partial charge is 0.486 e. The molecule has 162 valence electrons. The number of ether oxygens (including phenoxy) is 2. The topological polar surface area (TPSA) is 76.1 Å². The fourth-order valence-electron chi connectivity index (χ4n) is 4.34. The van der Waals surface area contributed by atoms with Gasteiger partial charge in [-0.25, -0.2) is 0 Å². The zero-order chi connectivity index (χ0) is 22.3. The summed E-state index contributed by atoms with van der Waals surface area (Å²) in [4.78, 5) is 28.2. The fourth-order valence-corrected chi connectivity index (χ4v) is 4.34. The van der Waals surface area contributed by atoms with E-state index in [2.05, 4.69) is 0 Å². The van der Waals surface area contributed by atoms with Crippen molar-refractivity contribution in [1.82, 2.24) is 0 Å². The molecule has 32 heavy (non-hydrogen) atoms. The van der Waals surface area contributed by atoms with Gasteiger partial charge in [-0.1, -0.05) is 42.5 Å². The monoisotopic (exact) mass is 429 g/mol. The van der Waals surface area contributed by atoms with E-state index in [9.17, 15) is 14.7 Å². The first-order valence-electron chi connectivity index (χ1n) is 10.6. The molecule has 0 unspecified atom stereocenters. The van der Waals surface area contributed by atoms with Crippen LogP contribution in [0, 0.1) is 6.92 Å². The molecule has 6 heteroatoms. The fraction of sp³-hybridized carbons (Fsp3) is 0.231. The maximum atomic E-state index is 13.5. The van der Waals surface area contributed by atoms with E-state index in [1.54, 1.807) is 41.3 Å². The Morgan fingerprint density at radius 2 is 1.72 bits per heavy atom. The van der Waals surface area contributed by atoms with Crippen molar-refractivity contribution in [2.24, 2.45) is 0 Å².